The van der Waals surface area contributed by atoms with Crippen LogP contribution in [0.25, 0.3) is 27.0 Å². The summed E-state index contributed by atoms with van der Waals surface area (Å²) in [6, 6.07) is 27.4. The third-order valence-electron chi connectivity index (χ3n) is 6.62. The third-order valence-corrected chi connectivity index (χ3v) is 8.74. The lowest BCUT2D eigenvalue weighted by Gasteiger charge is -2.13. The molecule has 6 heteroatoms. The monoisotopic (exact) mass is 508 g/mol. The molecule has 2 heterocycles. The molecular formula is C30H24N2O2S2. The van der Waals surface area contributed by atoms with Gasteiger partial charge in [-0.3, -0.25) is 14.2 Å². The molecule has 36 heavy (non-hydrogen) atoms. The number of hydrogen-bond donors (Lipinski definition) is 0. The van der Waals surface area contributed by atoms with Crippen LogP contribution in [0.5, 0.6) is 0 Å². The highest BCUT2D eigenvalue weighted by atomic mass is 32.2. The van der Waals surface area contributed by atoms with Crippen LogP contribution in [0, 0.1) is 0 Å². The zero-order valence-electron chi connectivity index (χ0n) is 19.6. The van der Waals surface area contributed by atoms with E-state index < -0.39 is 0 Å². The molecule has 0 fully saturated rings. The van der Waals surface area contributed by atoms with E-state index in [1.165, 1.54) is 22.2 Å². The van der Waals surface area contributed by atoms with Crippen molar-refractivity contribution in [3.63, 3.8) is 0 Å². The summed E-state index contributed by atoms with van der Waals surface area (Å²) in [5, 5.41) is 1.32. The van der Waals surface area contributed by atoms with Gasteiger partial charge in [0, 0.05) is 10.4 Å². The van der Waals surface area contributed by atoms with Gasteiger partial charge in [-0.2, -0.15) is 0 Å². The number of hydrogen-bond acceptors (Lipinski definition) is 5. The van der Waals surface area contributed by atoms with Crippen LogP contribution in [-0.4, -0.2) is 21.1 Å². The second-order valence-electron chi connectivity index (χ2n) is 8.92. The highest BCUT2D eigenvalue weighted by Gasteiger charge is 2.23. The van der Waals surface area contributed by atoms with Gasteiger partial charge in [-0.15, -0.1) is 11.3 Å². The molecule has 2 aromatic heterocycles. The Kier molecular flexibility index (Phi) is 6.30. The number of aryl methyl sites for hydroxylation is 2. The van der Waals surface area contributed by atoms with Crippen LogP contribution in [-0.2, 0) is 12.8 Å². The Morgan fingerprint density at radius 2 is 1.53 bits per heavy atom. The Hall–Kier alpha value is -3.48. The average molecular weight is 509 g/mol. The number of nitrogens with zero attached hydrogens (tertiary/aromatic N) is 2. The molecule has 0 saturated heterocycles. The van der Waals surface area contributed by atoms with Gasteiger partial charge < -0.3 is 0 Å². The number of carbonyl (C=O) groups is 1. The lowest BCUT2D eigenvalue weighted by molar-refractivity contribution is 0.102. The first-order valence-corrected chi connectivity index (χ1v) is 13.9. The summed E-state index contributed by atoms with van der Waals surface area (Å²) in [6.07, 6.45) is 4.22. The maximum absolute atomic E-state index is 13.8. The van der Waals surface area contributed by atoms with E-state index in [-0.39, 0.29) is 17.1 Å². The van der Waals surface area contributed by atoms with E-state index in [1.54, 1.807) is 15.9 Å². The van der Waals surface area contributed by atoms with Crippen molar-refractivity contribution in [3.05, 3.63) is 111 Å². The summed E-state index contributed by atoms with van der Waals surface area (Å²) in [4.78, 5) is 33.9. The second-order valence-corrected chi connectivity index (χ2v) is 10.9. The van der Waals surface area contributed by atoms with E-state index in [2.05, 4.69) is 12.1 Å². The van der Waals surface area contributed by atoms with Crippen molar-refractivity contribution in [1.82, 2.24) is 9.55 Å². The van der Waals surface area contributed by atoms with Crippen molar-refractivity contribution in [3.8, 4) is 16.8 Å². The lowest BCUT2D eigenvalue weighted by Crippen LogP contribution is -2.22. The Labute approximate surface area is 217 Å². The molecule has 6 rings (SSSR count). The summed E-state index contributed by atoms with van der Waals surface area (Å²) in [6.45, 7) is 0. The van der Waals surface area contributed by atoms with Crippen molar-refractivity contribution in [2.75, 3.05) is 5.75 Å². The van der Waals surface area contributed by atoms with E-state index in [0.29, 0.717) is 10.7 Å². The predicted molar refractivity (Wildman–Crippen MR) is 149 cm³/mol. The van der Waals surface area contributed by atoms with E-state index in [4.69, 9.17) is 4.98 Å². The molecule has 0 aliphatic heterocycles. The van der Waals surface area contributed by atoms with Gasteiger partial charge in [-0.25, -0.2) is 4.98 Å². The fourth-order valence-corrected chi connectivity index (χ4v) is 6.99. The molecule has 178 valence electrons. The number of rotatable bonds is 6. The molecule has 0 spiro atoms. The first-order chi connectivity index (χ1) is 17.7. The molecule has 0 saturated carbocycles. The minimum absolute atomic E-state index is 0.0130. The normalized spacial score (nSPS) is 13.0. The lowest BCUT2D eigenvalue weighted by atomic mass is 9.97. The quantitative estimate of drug-likeness (QED) is 0.141. The first-order valence-electron chi connectivity index (χ1n) is 12.1. The van der Waals surface area contributed by atoms with Crippen LogP contribution in [0.4, 0.5) is 0 Å². The molecule has 1 aliphatic rings. The van der Waals surface area contributed by atoms with Crippen LogP contribution in [0.1, 0.15) is 33.6 Å². The summed E-state index contributed by atoms with van der Waals surface area (Å²) < 4.78 is 1.68. The van der Waals surface area contributed by atoms with E-state index >= 15 is 0 Å². The van der Waals surface area contributed by atoms with Crippen LogP contribution in [0.15, 0.2) is 94.9 Å². The SMILES string of the molecule is O=C(CSc1nc2sc3c(c2c(=O)n1-c1ccccc1)CCCC3)c1ccc(-c2ccccc2)cc1. The molecule has 3 aromatic carbocycles. The number of fused-ring (bicyclic) bond motifs is 3. The maximum Gasteiger partial charge on any atom is 0.267 e. The third kappa shape index (κ3) is 4.31. The van der Waals surface area contributed by atoms with Gasteiger partial charge in [0.2, 0.25) is 0 Å². The number of para-hydroxylation sites is 1. The van der Waals surface area contributed by atoms with Crippen LogP contribution in [0.3, 0.4) is 0 Å². The molecule has 0 amide bonds. The van der Waals surface area contributed by atoms with E-state index in [0.717, 1.165) is 52.7 Å². The van der Waals surface area contributed by atoms with Crippen molar-refractivity contribution in [1.29, 1.82) is 0 Å². The highest BCUT2D eigenvalue weighted by Crippen LogP contribution is 2.35. The van der Waals surface area contributed by atoms with Gasteiger partial charge in [0.15, 0.2) is 10.9 Å². The molecule has 0 bridgehead atoms. The maximum atomic E-state index is 13.8. The predicted octanol–water partition coefficient (Wildman–Crippen LogP) is 6.97. The largest absolute Gasteiger partial charge is 0.293 e. The number of Topliss-reactive ketones (excluding diaryl/α,β-unsaturated/α-hetero) is 1. The average Bonchev–Trinajstić information content (AvgIpc) is 3.31. The number of benzene rings is 3. The van der Waals surface area contributed by atoms with Crippen molar-refractivity contribution in [2.24, 2.45) is 0 Å². The van der Waals surface area contributed by atoms with Gasteiger partial charge in [0.1, 0.15) is 4.83 Å². The standard InChI is InChI=1S/C30H24N2O2S2/c33-25(22-17-15-21(16-18-22)20-9-3-1-4-10-20)19-35-30-31-28-27(24-13-7-8-14-26(24)36-28)29(34)32(30)23-11-5-2-6-12-23/h1-6,9-12,15-18H,7-8,13-14,19H2. The molecule has 0 atom stereocenters. The smallest absolute Gasteiger partial charge is 0.267 e. The Bertz CT molecular complexity index is 1600. The number of carbonyl (C=O) groups excluding carboxylic acids is 1. The van der Waals surface area contributed by atoms with E-state index in [1.807, 2.05) is 72.8 Å². The van der Waals surface area contributed by atoms with Crippen LogP contribution < -0.4 is 5.56 Å². The van der Waals surface area contributed by atoms with Crippen LogP contribution in [0.2, 0.25) is 0 Å². The zero-order chi connectivity index (χ0) is 24.5. The molecule has 0 N–H and O–H groups in total. The van der Waals surface area contributed by atoms with Gasteiger partial charge in [0.05, 0.1) is 16.8 Å². The summed E-state index contributed by atoms with van der Waals surface area (Å²) in [7, 11) is 0. The van der Waals surface area contributed by atoms with Crippen LogP contribution >= 0.6 is 23.1 Å². The molecule has 0 radical (unpaired) electrons. The van der Waals surface area contributed by atoms with E-state index in [9.17, 15) is 9.59 Å². The molecular weight excluding hydrogens is 484 g/mol. The molecule has 1 aliphatic carbocycles. The van der Waals surface area contributed by atoms with Gasteiger partial charge in [-0.05, 0) is 54.5 Å². The zero-order valence-corrected chi connectivity index (χ0v) is 21.3. The number of aromatic nitrogens is 2. The minimum atomic E-state index is -0.0345. The second kappa shape index (κ2) is 9.88. The number of thiophene rings is 1. The van der Waals surface area contributed by atoms with Gasteiger partial charge in [-0.1, -0.05) is 84.6 Å². The summed E-state index contributed by atoms with van der Waals surface area (Å²) in [5.74, 6) is 0.222. The van der Waals surface area contributed by atoms with Crippen molar-refractivity contribution >= 4 is 39.1 Å². The fourth-order valence-electron chi connectivity index (χ4n) is 4.78. The van der Waals surface area contributed by atoms with Crippen molar-refractivity contribution in [2.45, 2.75) is 30.8 Å². The molecule has 5 aromatic rings. The van der Waals surface area contributed by atoms with Gasteiger partial charge in [0.25, 0.3) is 5.56 Å². The Balaban J connectivity index is 1.33. The summed E-state index contributed by atoms with van der Waals surface area (Å²) >= 11 is 2.97. The minimum Gasteiger partial charge on any atom is -0.293 e. The summed E-state index contributed by atoms with van der Waals surface area (Å²) in [5.41, 5.74) is 4.76. The van der Waals surface area contributed by atoms with Gasteiger partial charge >= 0.3 is 0 Å². The number of ketones is 1. The first kappa shape index (κ1) is 23.0. The fraction of sp³-hybridized carbons (Fsp3) is 0.167. The van der Waals surface area contributed by atoms with Crippen molar-refractivity contribution < 1.29 is 4.79 Å². The highest BCUT2D eigenvalue weighted by molar-refractivity contribution is 7.99. The topological polar surface area (TPSA) is 52.0 Å². The Morgan fingerprint density at radius 3 is 2.28 bits per heavy atom. The molecule has 4 nitrogen and oxygen atoms in total. The number of thioether (sulfide) groups is 1. The Morgan fingerprint density at radius 1 is 0.861 bits per heavy atom. The molecule has 0 unspecified atom stereocenters.